The molecule has 15 nitrogen and oxygen atoms in total. The van der Waals surface area contributed by atoms with Gasteiger partial charge < -0.3 is 46.1 Å². The molecule has 0 aliphatic rings. The number of hydrogen-bond donors (Lipinski definition) is 6. The summed E-state index contributed by atoms with van der Waals surface area (Å²) in [6, 6.07) is -1.02. The van der Waals surface area contributed by atoms with Crippen molar-refractivity contribution in [1.82, 2.24) is 31.5 Å². The molecule has 18 heteroatoms. The second kappa shape index (κ2) is 26.2. The van der Waals surface area contributed by atoms with Crippen LogP contribution in [0.15, 0.2) is 0 Å². The molecule has 0 radical (unpaired) electrons. The van der Waals surface area contributed by atoms with E-state index in [-0.39, 0.29) is 93.8 Å². The van der Waals surface area contributed by atoms with Gasteiger partial charge in [-0.1, -0.05) is 15.9 Å². The van der Waals surface area contributed by atoms with E-state index >= 15 is 0 Å². The van der Waals surface area contributed by atoms with Crippen LogP contribution in [0.25, 0.3) is 0 Å². The van der Waals surface area contributed by atoms with Gasteiger partial charge in [-0.3, -0.25) is 24.0 Å². The van der Waals surface area contributed by atoms with E-state index in [1.807, 2.05) is 0 Å². The third-order valence-electron chi connectivity index (χ3n) is 5.27. The lowest BCUT2D eigenvalue weighted by Gasteiger charge is -2.23. The zero-order valence-electron chi connectivity index (χ0n) is 23.4. The van der Waals surface area contributed by atoms with E-state index in [9.17, 15) is 33.9 Å². The van der Waals surface area contributed by atoms with Gasteiger partial charge in [0, 0.05) is 45.3 Å². The van der Waals surface area contributed by atoms with Gasteiger partial charge >= 0.3 is 12.0 Å². The van der Waals surface area contributed by atoms with Crippen LogP contribution in [0.1, 0.15) is 25.7 Å². The number of nitrogens with zero attached hydrogens (tertiary/aromatic N) is 1. The van der Waals surface area contributed by atoms with Gasteiger partial charge in [-0.25, -0.2) is 4.79 Å². The van der Waals surface area contributed by atoms with Gasteiger partial charge in [0.25, 0.3) is 0 Å². The van der Waals surface area contributed by atoms with Gasteiger partial charge in [-0.05, 0) is 19.3 Å². The standard InChI is InChI=1S/C24H41BrCl2N6O9/c25-14-19(34)30-7-10-41-11-12-42-17-22(37)32-18(13-23(38)39)3-1-2-4-31-24(40)33(8-5-28-20(35)15-26)9-6-29-21(36)16-27/h18H,1-17H2,(H,28,35)(H,29,36)(H,30,34)(H,31,40)(H,32,37)(H,38,39). The van der Waals surface area contributed by atoms with Gasteiger partial charge in [0.05, 0.1) is 31.6 Å². The Morgan fingerprint density at radius 3 is 1.90 bits per heavy atom. The largest absolute Gasteiger partial charge is 0.481 e. The van der Waals surface area contributed by atoms with Gasteiger partial charge in [0.15, 0.2) is 0 Å². The van der Waals surface area contributed by atoms with Crippen LogP contribution in [0, 0.1) is 0 Å². The average Bonchev–Trinajstić information content (AvgIpc) is 2.96. The molecule has 1 unspecified atom stereocenters. The predicted molar refractivity (Wildman–Crippen MR) is 159 cm³/mol. The van der Waals surface area contributed by atoms with Crippen molar-refractivity contribution in [3.63, 3.8) is 0 Å². The number of urea groups is 1. The van der Waals surface area contributed by atoms with Crippen molar-refractivity contribution in [2.45, 2.75) is 31.7 Å². The first-order chi connectivity index (χ1) is 20.1. The Hall–Kier alpha value is -2.40. The lowest BCUT2D eigenvalue weighted by Crippen LogP contribution is -2.47. The van der Waals surface area contributed by atoms with Crippen molar-refractivity contribution in [3.05, 3.63) is 0 Å². The molecular formula is C24H41BrCl2N6O9. The highest BCUT2D eigenvalue weighted by Gasteiger charge is 2.17. The van der Waals surface area contributed by atoms with Gasteiger partial charge in [0.1, 0.15) is 18.4 Å². The summed E-state index contributed by atoms with van der Waals surface area (Å²) in [5, 5.41) is 22.6. The molecule has 0 saturated heterocycles. The Morgan fingerprint density at radius 1 is 0.738 bits per heavy atom. The lowest BCUT2D eigenvalue weighted by molar-refractivity contribution is -0.138. The zero-order chi connectivity index (χ0) is 31.6. The van der Waals surface area contributed by atoms with Crippen LogP contribution in [0.4, 0.5) is 4.79 Å². The molecule has 0 bridgehead atoms. The van der Waals surface area contributed by atoms with Gasteiger partial charge in [-0.15, -0.1) is 23.2 Å². The quantitative estimate of drug-likeness (QED) is 0.0528. The molecule has 1 atom stereocenters. The van der Waals surface area contributed by atoms with Crippen LogP contribution in [-0.4, -0.2) is 134 Å². The van der Waals surface area contributed by atoms with Gasteiger partial charge in [0.2, 0.25) is 23.6 Å². The normalized spacial score (nSPS) is 11.2. The van der Waals surface area contributed by atoms with Crippen LogP contribution in [-0.2, 0) is 33.4 Å². The molecule has 0 heterocycles. The number of halogens is 3. The van der Waals surface area contributed by atoms with Crippen LogP contribution < -0.4 is 26.6 Å². The first-order valence-electron chi connectivity index (χ1n) is 13.3. The van der Waals surface area contributed by atoms with Crippen LogP contribution in [0.3, 0.4) is 0 Å². The van der Waals surface area contributed by atoms with E-state index in [4.69, 9.17) is 32.7 Å². The Bertz CT molecular complexity index is 822. The minimum Gasteiger partial charge on any atom is -0.481 e. The summed E-state index contributed by atoms with van der Waals surface area (Å²) >= 11 is 13.9. The molecule has 0 aromatic carbocycles. The first-order valence-corrected chi connectivity index (χ1v) is 15.5. The third kappa shape index (κ3) is 23.2. The Labute approximate surface area is 263 Å². The number of nitrogens with one attached hydrogen (secondary N) is 5. The maximum Gasteiger partial charge on any atom is 0.317 e. The number of carboxylic acid groups (broad SMARTS) is 1. The van der Waals surface area contributed by atoms with E-state index in [0.29, 0.717) is 32.4 Å². The fourth-order valence-corrected chi connectivity index (χ4v) is 3.68. The molecule has 0 aliphatic heterocycles. The summed E-state index contributed by atoms with van der Waals surface area (Å²) < 4.78 is 10.5. The number of aliphatic carboxylic acids is 1. The summed E-state index contributed by atoms with van der Waals surface area (Å²) in [7, 11) is 0. The molecule has 0 saturated carbocycles. The van der Waals surface area contributed by atoms with Gasteiger partial charge in [-0.2, -0.15) is 0 Å². The molecule has 242 valence electrons. The maximum absolute atomic E-state index is 12.6. The predicted octanol–water partition coefficient (Wildman–Crippen LogP) is -0.618. The fraction of sp³-hybridized carbons (Fsp3) is 0.750. The highest BCUT2D eigenvalue weighted by atomic mass is 79.9. The van der Waals surface area contributed by atoms with Crippen molar-refractivity contribution in [1.29, 1.82) is 0 Å². The van der Waals surface area contributed by atoms with E-state index in [1.54, 1.807) is 0 Å². The van der Waals surface area contributed by atoms with Crippen molar-refractivity contribution >= 4 is 74.8 Å². The molecule has 6 N–H and O–H groups in total. The number of carbonyl (C=O) groups is 6. The maximum atomic E-state index is 12.6. The molecule has 0 fully saturated rings. The Balaban J connectivity index is 4.39. The summed E-state index contributed by atoms with van der Waals surface area (Å²) in [5.74, 6) is -2.83. The molecule has 6 amide bonds. The Morgan fingerprint density at radius 2 is 1.33 bits per heavy atom. The number of amides is 6. The number of carboxylic acids is 1. The fourth-order valence-electron chi connectivity index (χ4n) is 3.29. The third-order valence-corrected chi connectivity index (χ3v) is 6.27. The molecule has 0 rings (SSSR count). The Kier molecular flexibility index (Phi) is 24.7. The summed E-state index contributed by atoms with van der Waals surface area (Å²) in [6.45, 7) is 1.77. The monoisotopic (exact) mass is 706 g/mol. The molecule has 0 spiro atoms. The van der Waals surface area contributed by atoms with E-state index in [0.717, 1.165) is 0 Å². The molecular weight excluding hydrogens is 667 g/mol. The minimum atomic E-state index is -1.06. The second-order valence-electron chi connectivity index (χ2n) is 8.69. The molecule has 0 aromatic rings. The van der Waals surface area contributed by atoms with Crippen LogP contribution in [0.2, 0.25) is 0 Å². The molecule has 0 aromatic heterocycles. The summed E-state index contributed by atoms with van der Waals surface area (Å²) in [4.78, 5) is 71.2. The lowest BCUT2D eigenvalue weighted by atomic mass is 10.1. The second-order valence-corrected chi connectivity index (χ2v) is 9.79. The van der Waals surface area contributed by atoms with Crippen LogP contribution in [0.5, 0.6) is 0 Å². The number of ether oxygens (including phenoxy) is 2. The van der Waals surface area contributed by atoms with E-state index in [2.05, 4.69) is 42.5 Å². The highest BCUT2D eigenvalue weighted by molar-refractivity contribution is 9.09. The average molecular weight is 708 g/mol. The first kappa shape index (κ1) is 39.6. The smallest absolute Gasteiger partial charge is 0.317 e. The number of hydrogen-bond acceptors (Lipinski definition) is 8. The number of alkyl halides is 3. The number of unbranched alkanes of at least 4 members (excludes halogenated alkanes) is 1. The molecule has 0 aliphatic carbocycles. The minimum absolute atomic E-state index is 0.150. The topological polar surface area (TPSA) is 204 Å². The van der Waals surface area contributed by atoms with Crippen molar-refractivity contribution in [2.75, 3.05) is 82.8 Å². The molecule has 42 heavy (non-hydrogen) atoms. The number of carbonyl (C=O) groups excluding carboxylic acids is 5. The SMILES string of the molecule is O=C(O)CC(CCCCNC(=O)N(CCNC(=O)CCl)CCNC(=O)CCl)NC(=O)COCCOCCNC(=O)CBr. The summed E-state index contributed by atoms with van der Waals surface area (Å²) in [5.41, 5.74) is 0. The number of rotatable bonds is 25. The highest BCUT2D eigenvalue weighted by Crippen LogP contribution is 2.05. The van der Waals surface area contributed by atoms with Crippen molar-refractivity contribution in [3.8, 4) is 0 Å². The van der Waals surface area contributed by atoms with Crippen molar-refractivity contribution in [2.24, 2.45) is 0 Å². The van der Waals surface area contributed by atoms with Crippen molar-refractivity contribution < 1.29 is 43.3 Å². The van der Waals surface area contributed by atoms with Crippen LogP contribution >= 0.6 is 39.1 Å². The summed E-state index contributed by atoms with van der Waals surface area (Å²) in [6.07, 6.45) is 1.14. The van der Waals surface area contributed by atoms with E-state index < -0.39 is 23.9 Å². The van der Waals surface area contributed by atoms with E-state index in [1.165, 1.54) is 4.90 Å². The zero-order valence-corrected chi connectivity index (χ0v) is 26.5.